The maximum Gasteiger partial charge on any atom is 0.261 e. The summed E-state index contributed by atoms with van der Waals surface area (Å²) in [5.41, 5.74) is 1.05. The highest BCUT2D eigenvalue weighted by Crippen LogP contribution is 2.31. The van der Waals surface area contributed by atoms with Crippen molar-refractivity contribution >= 4 is 17.2 Å². The van der Waals surface area contributed by atoms with Gasteiger partial charge in [0.25, 0.3) is 5.91 Å². The molecule has 124 valence electrons. The molecule has 0 saturated carbocycles. The summed E-state index contributed by atoms with van der Waals surface area (Å²) in [6, 6.07) is 9.55. The number of nitrogens with zero attached hydrogens (tertiary/aromatic N) is 1. The Morgan fingerprint density at radius 2 is 1.96 bits per heavy atom. The highest BCUT2D eigenvalue weighted by molar-refractivity contribution is 7.12. The van der Waals surface area contributed by atoms with Gasteiger partial charge in [0.1, 0.15) is 0 Å². The lowest BCUT2D eigenvalue weighted by atomic mass is 10.0. The molecule has 0 fully saturated rings. The lowest BCUT2D eigenvalue weighted by molar-refractivity contribution is 0.0946. The second-order valence-corrected chi connectivity index (χ2v) is 6.23. The molecule has 1 amide bonds. The quantitative estimate of drug-likeness (QED) is 0.846. The fraction of sp³-hybridized carbons (Fsp3) is 0.353. The molecule has 0 bridgehead atoms. The Balaban J connectivity index is 2.13. The second kappa shape index (κ2) is 7.99. The number of benzene rings is 1. The second-order valence-electron chi connectivity index (χ2n) is 5.28. The number of ether oxygens (including phenoxy) is 2. The predicted molar refractivity (Wildman–Crippen MR) is 92.6 cm³/mol. The van der Waals surface area contributed by atoms with Crippen LogP contribution in [-0.2, 0) is 0 Å². The van der Waals surface area contributed by atoms with Crippen LogP contribution >= 0.6 is 11.3 Å². The van der Waals surface area contributed by atoms with Crippen molar-refractivity contribution in [1.29, 1.82) is 0 Å². The van der Waals surface area contributed by atoms with Crippen LogP contribution in [0.3, 0.4) is 0 Å². The number of amides is 1. The van der Waals surface area contributed by atoms with E-state index in [-0.39, 0.29) is 11.9 Å². The summed E-state index contributed by atoms with van der Waals surface area (Å²) in [7, 11) is 7.20. The molecule has 0 saturated heterocycles. The van der Waals surface area contributed by atoms with E-state index in [0.29, 0.717) is 18.0 Å². The monoisotopic (exact) mass is 334 g/mol. The van der Waals surface area contributed by atoms with Gasteiger partial charge in [0, 0.05) is 6.54 Å². The summed E-state index contributed by atoms with van der Waals surface area (Å²) in [4.78, 5) is 14.9. The number of hydrogen-bond acceptors (Lipinski definition) is 5. The molecular weight excluding hydrogens is 312 g/mol. The van der Waals surface area contributed by atoms with Gasteiger partial charge in [0.15, 0.2) is 11.5 Å². The Labute approximate surface area is 140 Å². The van der Waals surface area contributed by atoms with Gasteiger partial charge in [-0.2, -0.15) is 0 Å². The van der Waals surface area contributed by atoms with Gasteiger partial charge in [-0.25, -0.2) is 0 Å². The topological polar surface area (TPSA) is 50.8 Å². The molecule has 2 aromatic rings. The van der Waals surface area contributed by atoms with Gasteiger partial charge in [-0.3, -0.25) is 4.79 Å². The lowest BCUT2D eigenvalue weighted by Crippen LogP contribution is -2.34. The number of methoxy groups -OCH3 is 2. The van der Waals surface area contributed by atoms with E-state index in [2.05, 4.69) is 10.2 Å². The predicted octanol–water partition coefficient (Wildman–Crippen LogP) is 2.80. The summed E-state index contributed by atoms with van der Waals surface area (Å²) in [6.45, 7) is 0.513. The number of carbonyl (C=O) groups excluding carboxylic acids is 1. The van der Waals surface area contributed by atoms with Gasteiger partial charge >= 0.3 is 0 Å². The molecule has 2 rings (SSSR count). The van der Waals surface area contributed by atoms with Crippen LogP contribution in [-0.4, -0.2) is 45.7 Å². The first-order chi connectivity index (χ1) is 11.1. The number of thiophene rings is 1. The number of carbonyl (C=O) groups is 1. The molecule has 0 spiro atoms. The third-order valence-corrected chi connectivity index (χ3v) is 4.49. The molecule has 1 heterocycles. The number of hydrogen-bond donors (Lipinski definition) is 1. The Morgan fingerprint density at radius 3 is 2.52 bits per heavy atom. The molecule has 6 heteroatoms. The van der Waals surface area contributed by atoms with Gasteiger partial charge in [0.2, 0.25) is 0 Å². The van der Waals surface area contributed by atoms with Gasteiger partial charge in [-0.1, -0.05) is 12.1 Å². The average Bonchev–Trinajstić information content (AvgIpc) is 3.08. The fourth-order valence-electron chi connectivity index (χ4n) is 2.34. The van der Waals surface area contributed by atoms with Gasteiger partial charge in [-0.05, 0) is 43.2 Å². The minimum Gasteiger partial charge on any atom is -0.493 e. The van der Waals surface area contributed by atoms with Crippen LogP contribution in [0.15, 0.2) is 35.7 Å². The summed E-state index contributed by atoms with van der Waals surface area (Å²) in [5, 5.41) is 4.88. The van der Waals surface area contributed by atoms with E-state index < -0.39 is 0 Å². The maximum absolute atomic E-state index is 12.1. The molecular formula is C17H22N2O3S. The minimum absolute atomic E-state index is 0.0405. The number of likely N-dealkylation sites (N-methyl/N-ethyl adjacent to an activating group) is 1. The van der Waals surface area contributed by atoms with Crippen LogP contribution in [0, 0.1) is 0 Å². The number of nitrogens with one attached hydrogen (secondary N) is 1. The zero-order chi connectivity index (χ0) is 16.8. The molecule has 1 unspecified atom stereocenters. The van der Waals surface area contributed by atoms with Crippen LogP contribution in [0.5, 0.6) is 11.5 Å². The maximum atomic E-state index is 12.1. The van der Waals surface area contributed by atoms with E-state index in [9.17, 15) is 4.79 Å². The van der Waals surface area contributed by atoms with E-state index in [4.69, 9.17) is 9.47 Å². The normalized spacial score (nSPS) is 12.0. The van der Waals surface area contributed by atoms with Crippen molar-refractivity contribution in [3.05, 3.63) is 46.2 Å². The van der Waals surface area contributed by atoms with Crippen LogP contribution in [0.4, 0.5) is 0 Å². The summed E-state index contributed by atoms with van der Waals surface area (Å²) in [5.74, 6) is 1.32. The van der Waals surface area contributed by atoms with Crippen molar-refractivity contribution in [3.63, 3.8) is 0 Å². The van der Waals surface area contributed by atoms with Crippen LogP contribution in [0.25, 0.3) is 0 Å². The Bertz CT molecular complexity index is 641. The van der Waals surface area contributed by atoms with Gasteiger partial charge in [0.05, 0.1) is 25.1 Å². The van der Waals surface area contributed by atoms with Crippen LogP contribution in [0.2, 0.25) is 0 Å². The smallest absolute Gasteiger partial charge is 0.261 e. The van der Waals surface area contributed by atoms with Crippen molar-refractivity contribution in [2.75, 3.05) is 34.9 Å². The van der Waals surface area contributed by atoms with Crippen molar-refractivity contribution in [2.45, 2.75) is 6.04 Å². The Morgan fingerprint density at radius 1 is 1.22 bits per heavy atom. The third-order valence-electron chi connectivity index (χ3n) is 3.62. The Hall–Kier alpha value is -2.05. The first-order valence-electron chi connectivity index (χ1n) is 7.27. The van der Waals surface area contributed by atoms with Crippen molar-refractivity contribution in [1.82, 2.24) is 10.2 Å². The summed E-state index contributed by atoms with van der Waals surface area (Å²) < 4.78 is 10.6. The molecule has 1 N–H and O–H groups in total. The standard InChI is InChI=1S/C17H22N2O3S/c1-19(2)13(11-18-17(20)16-6-5-9-23-16)12-7-8-14(21-3)15(10-12)22-4/h5-10,13H,11H2,1-4H3,(H,18,20). The zero-order valence-corrected chi connectivity index (χ0v) is 14.6. The molecule has 1 aromatic carbocycles. The van der Waals surface area contributed by atoms with Crippen molar-refractivity contribution < 1.29 is 14.3 Å². The zero-order valence-electron chi connectivity index (χ0n) is 13.8. The van der Waals surface area contributed by atoms with Gasteiger partial charge in [-0.15, -0.1) is 11.3 Å². The third kappa shape index (κ3) is 4.24. The molecule has 0 aliphatic carbocycles. The first-order valence-corrected chi connectivity index (χ1v) is 8.14. The Kier molecular flexibility index (Phi) is 6.01. The fourth-order valence-corrected chi connectivity index (χ4v) is 2.98. The van der Waals surface area contributed by atoms with Crippen LogP contribution in [0.1, 0.15) is 21.3 Å². The molecule has 0 radical (unpaired) electrons. The molecule has 5 nitrogen and oxygen atoms in total. The molecule has 0 aliphatic heterocycles. The van der Waals surface area contributed by atoms with E-state index in [1.807, 2.05) is 49.8 Å². The van der Waals surface area contributed by atoms with E-state index in [1.165, 1.54) is 11.3 Å². The van der Waals surface area contributed by atoms with Gasteiger partial charge < -0.3 is 19.7 Å². The summed E-state index contributed by atoms with van der Waals surface area (Å²) >= 11 is 1.44. The van der Waals surface area contributed by atoms with Crippen LogP contribution < -0.4 is 14.8 Å². The molecule has 0 aliphatic rings. The highest BCUT2D eigenvalue weighted by Gasteiger charge is 2.18. The van der Waals surface area contributed by atoms with Crippen molar-refractivity contribution in [3.8, 4) is 11.5 Å². The molecule has 1 aromatic heterocycles. The summed E-state index contributed by atoms with van der Waals surface area (Å²) in [6.07, 6.45) is 0. The average molecular weight is 334 g/mol. The van der Waals surface area contributed by atoms with E-state index in [1.54, 1.807) is 14.2 Å². The first kappa shape index (κ1) is 17.3. The van der Waals surface area contributed by atoms with E-state index >= 15 is 0 Å². The minimum atomic E-state index is -0.0488. The molecule has 23 heavy (non-hydrogen) atoms. The number of rotatable bonds is 7. The molecule has 1 atom stereocenters. The highest BCUT2D eigenvalue weighted by atomic mass is 32.1. The largest absolute Gasteiger partial charge is 0.493 e. The SMILES string of the molecule is COc1ccc(C(CNC(=O)c2cccs2)N(C)C)cc1OC. The van der Waals surface area contributed by atoms with Crippen molar-refractivity contribution in [2.24, 2.45) is 0 Å². The van der Waals surface area contributed by atoms with E-state index in [0.717, 1.165) is 10.4 Å². The lowest BCUT2D eigenvalue weighted by Gasteiger charge is -2.25.